The first kappa shape index (κ1) is 14.5. The molecule has 0 unspecified atom stereocenters. The third kappa shape index (κ3) is 4.63. The average molecular weight is 302 g/mol. The van der Waals surface area contributed by atoms with Crippen LogP contribution in [-0.4, -0.2) is 65.2 Å². The van der Waals surface area contributed by atoms with Crippen LogP contribution in [0.3, 0.4) is 0 Å². The van der Waals surface area contributed by atoms with Crippen LogP contribution in [0.1, 0.15) is 12.8 Å². The predicted molar refractivity (Wildman–Crippen MR) is 77.2 cm³/mol. The van der Waals surface area contributed by atoms with Gasteiger partial charge in [0.25, 0.3) is 0 Å². The van der Waals surface area contributed by atoms with Crippen molar-refractivity contribution in [3.8, 4) is 0 Å². The molecule has 0 aliphatic carbocycles. The van der Waals surface area contributed by atoms with Crippen LogP contribution in [-0.2, 0) is 4.79 Å². The molecule has 106 valence electrons. The van der Waals surface area contributed by atoms with E-state index in [0.717, 1.165) is 18.2 Å². The molecule has 0 atom stereocenters. The number of thioether (sulfide) groups is 1. The summed E-state index contributed by atoms with van der Waals surface area (Å²) in [7, 11) is 2.00. The number of anilines is 1. The number of likely N-dealkylation sites (N-methyl/N-ethyl adjacent to an activating group) is 1. The Morgan fingerprint density at radius 1 is 1.47 bits per heavy atom. The van der Waals surface area contributed by atoms with Crippen LogP contribution >= 0.6 is 23.1 Å². The Labute approximate surface area is 120 Å². The van der Waals surface area contributed by atoms with Crippen LogP contribution in [0.25, 0.3) is 0 Å². The van der Waals surface area contributed by atoms with Gasteiger partial charge < -0.3 is 14.9 Å². The SMILES string of the molecule is CN(CCN1CCCC1)c1nnc(SCC(=O)O)s1. The second-order valence-electron chi connectivity index (χ2n) is 4.50. The number of hydrogen-bond acceptors (Lipinski definition) is 7. The van der Waals surface area contributed by atoms with Crippen molar-refractivity contribution in [1.29, 1.82) is 0 Å². The third-order valence-electron chi connectivity index (χ3n) is 2.99. The Morgan fingerprint density at radius 3 is 2.89 bits per heavy atom. The smallest absolute Gasteiger partial charge is 0.313 e. The van der Waals surface area contributed by atoms with E-state index in [4.69, 9.17) is 5.11 Å². The summed E-state index contributed by atoms with van der Waals surface area (Å²) in [6.07, 6.45) is 2.61. The Morgan fingerprint density at radius 2 is 2.21 bits per heavy atom. The molecule has 1 aliphatic rings. The second-order valence-corrected chi connectivity index (χ2v) is 6.68. The Balaban J connectivity index is 1.78. The maximum absolute atomic E-state index is 10.5. The fourth-order valence-corrected chi connectivity index (χ4v) is 3.48. The molecule has 1 aromatic rings. The maximum atomic E-state index is 10.5. The van der Waals surface area contributed by atoms with E-state index in [1.54, 1.807) is 0 Å². The van der Waals surface area contributed by atoms with Crippen LogP contribution in [0.5, 0.6) is 0 Å². The minimum Gasteiger partial charge on any atom is -0.481 e. The van der Waals surface area contributed by atoms with Crippen LogP contribution in [0.4, 0.5) is 5.13 Å². The van der Waals surface area contributed by atoms with Crippen molar-refractivity contribution in [3.05, 3.63) is 0 Å². The van der Waals surface area contributed by atoms with Gasteiger partial charge >= 0.3 is 5.97 Å². The van der Waals surface area contributed by atoms with E-state index >= 15 is 0 Å². The summed E-state index contributed by atoms with van der Waals surface area (Å²) in [5.74, 6) is -0.796. The average Bonchev–Trinajstić information content (AvgIpc) is 3.04. The molecule has 0 bridgehead atoms. The van der Waals surface area contributed by atoms with Crippen molar-refractivity contribution >= 4 is 34.2 Å². The molecule has 0 radical (unpaired) electrons. The molecule has 1 fully saturated rings. The molecule has 1 N–H and O–H groups in total. The minimum absolute atomic E-state index is 0.0339. The number of hydrogen-bond donors (Lipinski definition) is 1. The molecule has 2 rings (SSSR count). The summed E-state index contributed by atoms with van der Waals surface area (Å²) >= 11 is 2.67. The zero-order valence-electron chi connectivity index (χ0n) is 10.9. The number of aromatic nitrogens is 2. The van der Waals surface area contributed by atoms with Gasteiger partial charge in [0.1, 0.15) is 0 Å². The molecule has 19 heavy (non-hydrogen) atoms. The van der Waals surface area contributed by atoms with Crippen molar-refractivity contribution in [2.24, 2.45) is 0 Å². The van der Waals surface area contributed by atoms with Crippen LogP contribution in [0.2, 0.25) is 0 Å². The highest BCUT2D eigenvalue weighted by atomic mass is 32.2. The molecular weight excluding hydrogens is 284 g/mol. The van der Waals surface area contributed by atoms with Crippen LogP contribution < -0.4 is 4.90 Å². The number of likely N-dealkylation sites (tertiary alicyclic amines) is 1. The lowest BCUT2D eigenvalue weighted by Gasteiger charge is -2.20. The number of carboxylic acid groups (broad SMARTS) is 1. The molecule has 8 heteroatoms. The first-order valence-electron chi connectivity index (χ1n) is 6.27. The van der Waals surface area contributed by atoms with Crippen molar-refractivity contribution in [1.82, 2.24) is 15.1 Å². The molecule has 6 nitrogen and oxygen atoms in total. The summed E-state index contributed by atoms with van der Waals surface area (Å²) in [4.78, 5) is 15.0. The van der Waals surface area contributed by atoms with Gasteiger partial charge in [0.2, 0.25) is 5.13 Å². The van der Waals surface area contributed by atoms with Gasteiger partial charge in [-0.05, 0) is 25.9 Å². The molecule has 1 aromatic heterocycles. The molecule has 0 amide bonds. The fraction of sp³-hybridized carbons (Fsp3) is 0.727. The van der Waals surface area contributed by atoms with E-state index in [2.05, 4.69) is 20.0 Å². The Bertz CT molecular complexity index is 421. The quantitative estimate of drug-likeness (QED) is 0.760. The monoisotopic (exact) mass is 302 g/mol. The van der Waals surface area contributed by atoms with E-state index in [1.807, 2.05) is 7.05 Å². The molecule has 0 aromatic carbocycles. The van der Waals surface area contributed by atoms with Gasteiger partial charge in [0, 0.05) is 20.1 Å². The lowest BCUT2D eigenvalue weighted by Crippen LogP contribution is -2.31. The Hall–Kier alpha value is -0.860. The van der Waals surface area contributed by atoms with Crippen LogP contribution in [0, 0.1) is 0 Å². The molecule has 0 saturated carbocycles. The lowest BCUT2D eigenvalue weighted by molar-refractivity contribution is -0.133. The molecule has 0 spiro atoms. The predicted octanol–water partition coefficient (Wildman–Crippen LogP) is 1.25. The van der Waals surface area contributed by atoms with Gasteiger partial charge in [-0.2, -0.15) is 0 Å². The second kappa shape index (κ2) is 7.06. The largest absolute Gasteiger partial charge is 0.481 e. The van der Waals surface area contributed by atoms with E-state index in [1.165, 1.54) is 49.0 Å². The summed E-state index contributed by atoms with van der Waals surface area (Å²) in [6.45, 7) is 4.37. The lowest BCUT2D eigenvalue weighted by atomic mass is 10.4. The van der Waals surface area contributed by atoms with E-state index in [0.29, 0.717) is 4.34 Å². The van der Waals surface area contributed by atoms with Gasteiger partial charge in [-0.25, -0.2) is 0 Å². The van der Waals surface area contributed by atoms with Crippen molar-refractivity contribution in [2.75, 3.05) is 43.9 Å². The molecule has 1 saturated heterocycles. The number of nitrogens with zero attached hydrogens (tertiary/aromatic N) is 4. The van der Waals surface area contributed by atoms with E-state index < -0.39 is 5.97 Å². The molecule has 1 aliphatic heterocycles. The van der Waals surface area contributed by atoms with E-state index in [9.17, 15) is 4.79 Å². The van der Waals surface area contributed by atoms with Gasteiger partial charge in [0.05, 0.1) is 5.75 Å². The maximum Gasteiger partial charge on any atom is 0.313 e. The summed E-state index contributed by atoms with van der Waals surface area (Å²) in [5, 5.41) is 17.6. The van der Waals surface area contributed by atoms with Gasteiger partial charge in [-0.1, -0.05) is 23.1 Å². The highest BCUT2D eigenvalue weighted by Gasteiger charge is 2.14. The normalized spacial score (nSPS) is 15.8. The van der Waals surface area contributed by atoms with Crippen LogP contribution in [0.15, 0.2) is 4.34 Å². The fourth-order valence-electron chi connectivity index (χ4n) is 1.93. The standard InChI is InChI=1S/C11H18N4O2S2/c1-14(6-7-15-4-2-3-5-15)10-12-13-11(19-10)18-8-9(16)17/h2-8H2,1H3,(H,16,17). The number of rotatable bonds is 7. The summed E-state index contributed by atoms with van der Waals surface area (Å²) in [5.41, 5.74) is 0. The van der Waals surface area contributed by atoms with Crippen molar-refractivity contribution in [3.63, 3.8) is 0 Å². The van der Waals surface area contributed by atoms with Crippen molar-refractivity contribution in [2.45, 2.75) is 17.2 Å². The van der Waals surface area contributed by atoms with Gasteiger partial charge in [0.15, 0.2) is 4.34 Å². The van der Waals surface area contributed by atoms with Gasteiger partial charge in [-0.15, -0.1) is 10.2 Å². The van der Waals surface area contributed by atoms with Crippen molar-refractivity contribution < 1.29 is 9.90 Å². The van der Waals surface area contributed by atoms with E-state index in [-0.39, 0.29) is 5.75 Å². The number of carboxylic acids is 1. The number of carbonyl (C=O) groups is 1. The Kier molecular flexibility index (Phi) is 5.41. The zero-order valence-corrected chi connectivity index (χ0v) is 12.5. The summed E-state index contributed by atoms with van der Waals surface area (Å²) < 4.78 is 0.713. The first-order chi connectivity index (χ1) is 9.15. The molecule has 2 heterocycles. The third-order valence-corrected chi connectivity index (χ3v) is 5.15. The molecular formula is C11H18N4O2S2. The highest BCUT2D eigenvalue weighted by Crippen LogP contribution is 2.27. The highest BCUT2D eigenvalue weighted by molar-refractivity contribution is 8.01. The summed E-state index contributed by atoms with van der Waals surface area (Å²) in [6, 6.07) is 0. The first-order valence-corrected chi connectivity index (χ1v) is 8.07. The topological polar surface area (TPSA) is 69.6 Å². The minimum atomic E-state index is -0.830. The zero-order chi connectivity index (χ0) is 13.7. The van der Waals surface area contributed by atoms with Gasteiger partial charge in [-0.3, -0.25) is 4.79 Å². The number of aliphatic carboxylic acids is 1.